The minimum atomic E-state index is 0. The van der Waals surface area contributed by atoms with Crippen LogP contribution in [-0.4, -0.2) is 24.2 Å². The first-order valence-electron chi connectivity index (χ1n) is 5.20. The van der Waals surface area contributed by atoms with E-state index in [1.54, 1.807) is 13.0 Å². The molecule has 1 aromatic rings. The number of carbonyl (C=O) groups is 1. The van der Waals surface area contributed by atoms with Crippen LogP contribution in [0.25, 0.3) is 0 Å². The maximum atomic E-state index is 11.8. The van der Waals surface area contributed by atoms with Gasteiger partial charge < -0.3 is 15.2 Å². The zero-order chi connectivity index (χ0) is 10.7. The molecule has 0 unspecified atom stereocenters. The maximum Gasteiger partial charge on any atom is 0.228 e. The quantitative estimate of drug-likeness (QED) is 0.825. The minimum absolute atomic E-state index is 0. The smallest absolute Gasteiger partial charge is 0.228 e. The predicted octanol–water partition coefficient (Wildman–Crippen LogP) is 1.34. The predicted molar refractivity (Wildman–Crippen MR) is 62.7 cm³/mol. The normalized spacial score (nSPS) is 16.6. The van der Waals surface area contributed by atoms with Gasteiger partial charge in [-0.1, -0.05) is 5.16 Å². The average Bonchev–Trinajstić information content (AvgIpc) is 2.65. The molecule has 5 nitrogen and oxygen atoms in total. The molecule has 0 spiro atoms. The number of piperidine rings is 1. The van der Waals surface area contributed by atoms with Crippen LogP contribution in [0.3, 0.4) is 0 Å². The topological polar surface area (TPSA) is 67.2 Å². The van der Waals surface area contributed by atoms with E-state index in [9.17, 15) is 4.79 Å². The number of halogens is 1. The van der Waals surface area contributed by atoms with Crippen LogP contribution in [0.15, 0.2) is 10.6 Å². The second-order valence-electron chi connectivity index (χ2n) is 3.84. The molecule has 1 aromatic heterocycles. The van der Waals surface area contributed by atoms with Crippen LogP contribution >= 0.6 is 12.4 Å². The van der Waals surface area contributed by atoms with Gasteiger partial charge in [0.25, 0.3) is 0 Å². The van der Waals surface area contributed by atoms with Crippen molar-refractivity contribution in [1.29, 1.82) is 0 Å². The Hall–Kier alpha value is -1.07. The molecule has 0 radical (unpaired) electrons. The second-order valence-corrected chi connectivity index (χ2v) is 3.84. The highest BCUT2D eigenvalue weighted by atomic mass is 35.5. The van der Waals surface area contributed by atoms with Crippen LogP contribution in [0.1, 0.15) is 18.6 Å². The molecule has 2 N–H and O–H groups in total. The molecule has 2 rings (SSSR count). The number of amides is 1. The largest absolute Gasteiger partial charge is 0.360 e. The van der Waals surface area contributed by atoms with Gasteiger partial charge in [-0.05, 0) is 32.9 Å². The first-order valence-corrected chi connectivity index (χ1v) is 5.20. The van der Waals surface area contributed by atoms with Gasteiger partial charge in [-0.25, -0.2) is 0 Å². The van der Waals surface area contributed by atoms with Crippen molar-refractivity contribution in [3.63, 3.8) is 0 Å². The lowest BCUT2D eigenvalue weighted by Gasteiger charge is -2.20. The molecule has 2 heterocycles. The van der Waals surface area contributed by atoms with Gasteiger partial charge in [0.2, 0.25) is 5.91 Å². The van der Waals surface area contributed by atoms with Crippen LogP contribution in [0.5, 0.6) is 0 Å². The molecule has 1 aliphatic heterocycles. The summed E-state index contributed by atoms with van der Waals surface area (Å²) in [5.41, 5.74) is 0. The first kappa shape index (κ1) is 13.0. The summed E-state index contributed by atoms with van der Waals surface area (Å²) in [4.78, 5) is 11.8. The summed E-state index contributed by atoms with van der Waals surface area (Å²) in [5, 5.41) is 9.71. The highest BCUT2D eigenvalue weighted by molar-refractivity contribution is 5.91. The van der Waals surface area contributed by atoms with Crippen LogP contribution in [0, 0.1) is 12.8 Å². The van der Waals surface area contributed by atoms with Gasteiger partial charge >= 0.3 is 0 Å². The van der Waals surface area contributed by atoms with Crippen molar-refractivity contribution in [2.45, 2.75) is 19.8 Å². The SMILES string of the molecule is Cc1cc(NC(=O)C2CCNCC2)no1.Cl. The van der Waals surface area contributed by atoms with Crippen molar-refractivity contribution in [3.05, 3.63) is 11.8 Å². The Morgan fingerprint density at radius 2 is 2.25 bits per heavy atom. The third-order valence-corrected chi connectivity index (χ3v) is 2.59. The zero-order valence-corrected chi connectivity index (χ0v) is 9.97. The zero-order valence-electron chi connectivity index (χ0n) is 9.16. The molecule has 16 heavy (non-hydrogen) atoms. The Morgan fingerprint density at radius 3 is 2.81 bits per heavy atom. The monoisotopic (exact) mass is 245 g/mol. The van der Waals surface area contributed by atoms with E-state index in [0.717, 1.165) is 25.9 Å². The number of aromatic nitrogens is 1. The summed E-state index contributed by atoms with van der Waals surface area (Å²) in [6, 6.07) is 1.72. The fourth-order valence-corrected chi connectivity index (χ4v) is 1.74. The van der Waals surface area contributed by atoms with Crippen molar-refractivity contribution in [1.82, 2.24) is 10.5 Å². The molecular formula is C10H16ClN3O2. The second kappa shape index (κ2) is 5.86. The third-order valence-electron chi connectivity index (χ3n) is 2.59. The van der Waals surface area contributed by atoms with E-state index >= 15 is 0 Å². The van der Waals surface area contributed by atoms with Crippen molar-refractivity contribution in [2.75, 3.05) is 18.4 Å². The average molecular weight is 246 g/mol. The summed E-state index contributed by atoms with van der Waals surface area (Å²) < 4.78 is 4.88. The molecule has 90 valence electrons. The molecule has 0 aromatic carbocycles. The highest BCUT2D eigenvalue weighted by Crippen LogP contribution is 2.15. The van der Waals surface area contributed by atoms with Gasteiger partial charge in [0, 0.05) is 12.0 Å². The lowest BCUT2D eigenvalue weighted by molar-refractivity contribution is -0.120. The van der Waals surface area contributed by atoms with E-state index in [1.165, 1.54) is 0 Å². The Bertz CT molecular complexity index is 348. The molecule has 0 aliphatic carbocycles. The van der Waals surface area contributed by atoms with Gasteiger partial charge in [-0.3, -0.25) is 4.79 Å². The van der Waals surface area contributed by atoms with Crippen molar-refractivity contribution >= 4 is 24.1 Å². The molecule has 0 atom stereocenters. The van der Waals surface area contributed by atoms with Crippen molar-refractivity contribution in [3.8, 4) is 0 Å². The molecule has 1 saturated heterocycles. The Balaban J connectivity index is 0.00000128. The maximum absolute atomic E-state index is 11.8. The molecule has 6 heteroatoms. The van der Waals surface area contributed by atoms with E-state index in [2.05, 4.69) is 15.8 Å². The molecule has 1 aliphatic rings. The molecule has 0 bridgehead atoms. The van der Waals surface area contributed by atoms with Gasteiger partial charge in [0.15, 0.2) is 5.82 Å². The van der Waals surface area contributed by atoms with Gasteiger partial charge in [0.1, 0.15) is 5.76 Å². The number of nitrogens with one attached hydrogen (secondary N) is 2. The Labute approximate surface area is 100 Å². The lowest BCUT2D eigenvalue weighted by atomic mass is 9.97. The molecule has 0 saturated carbocycles. The van der Waals surface area contributed by atoms with Crippen LogP contribution in [-0.2, 0) is 4.79 Å². The van der Waals surface area contributed by atoms with E-state index in [1.807, 2.05) is 0 Å². The fourth-order valence-electron chi connectivity index (χ4n) is 1.74. The summed E-state index contributed by atoms with van der Waals surface area (Å²) in [6.45, 7) is 3.62. The fraction of sp³-hybridized carbons (Fsp3) is 0.600. The number of nitrogens with zero attached hydrogens (tertiary/aromatic N) is 1. The summed E-state index contributed by atoms with van der Waals surface area (Å²) in [5.74, 6) is 1.36. The first-order chi connectivity index (χ1) is 7.25. The van der Waals surface area contributed by atoms with E-state index in [0.29, 0.717) is 11.6 Å². The molecule has 1 fully saturated rings. The van der Waals surface area contributed by atoms with E-state index in [4.69, 9.17) is 4.52 Å². The number of carbonyl (C=O) groups excluding carboxylic acids is 1. The van der Waals surface area contributed by atoms with Crippen LogP contribution in [0.4, 0.5) is 5.82 Å². The number of hydrogen-bond donors (Lipinski definition) is 2. The Morgan fingerprint density at radius 1 is 1.56 bits per heavy atom. The summed E-state index contributed by atoms with van der Waals surface area (Å²) in [6.07, 6.45) is 1.78. The molecule has 1 amide bonds. The number of anilines is 1. The Kier molecular flexibility index (Phi) is 4.76. The lowest BCUT2D eigenvalue weighted by Crippen LogP contribution is -2.34. The third kappa shape index (κ3) is 3.21. The van der Waals surface area contributed by atoms with Gasteiger partial charge in [-0.15, -0.1) is 12.4 Å². The van der Waals surface area contributed by atoms with E-state index < -0.39 is 0 Å². The molecular weight excluding hydrogens is 230 g/mol. The number of hydrogen-bond acceptors (Lipinski definition) is 4. The number of aryl methyl sites for hydroxylation is 1. The van der Waals surface area contributed by atoms with Crippen LogP contribution in [0.2, 0.25) is 0 Å². The minimum Gasteiger partial charge on any atom is -0.360 e. The van der Waals surface area contributed by atoms with E-state index in [-0.39, 0.29) is 24.2 Å². The number of rotatable bonds is 2. The summed E-state index contributed by atoms with van der Waals surface area (Å²) in [7, 11) is 0. The van der Waals surface area contributed by atoms with Gasteiger partial charge in [-0.2, -0.15) is 0 Å². The summed E-state index contributed by atoms with van der Waals surface area (Å²) >= 11 is 0. The van der Waals surface area contributed by atoms with Crippen LogP contribution < -0.4 is 10.6 Å². The van der Waals surface area contributed by atoms with Crippen molar-refractivity contribution in [2.24, 2.45) is 5.92 Å². The van der Waals surface area contributed by atoms with Crippen molar-refractivity contribution < 1.29 is 9.32 Å². The van der Waals surface area contributed by atoms with Gasteiger partial charge in [0.05, 0.1) is 0 Å². The standard InChI is InChI=1S/C10H15N3O2.ClH/c1-7-6-9(13-15-7)12-10(14)8-2-4-11-5-3-8;/h6,8,11H,2-5H2,1H3,(H,12,13,14);1H. The highest BCUT2D eigenvalue weighted by Gasteiger charge is 2.21.